The minimum Gasteiger partial charge on any atom is -0.384 e. The summed E-state index contributed by atoms with van der Waals surface area (Å²) in [4.78, 5) is 0. The van der Waals surface area contributed by atoms with Crippen LogP contribution >= 0.6 is 23.2 Å². The summed E-state index contributed by atoms with van der Waals surface area (Å²) in [6.07, 6.45) is -1.06. The summed E-state index contributed by atoms with van der Waals surface area (Å²) >= 11 is 11.7. The van der Waals surface area contributed by atoms with Crippen LogP contribution in [0.2, 0.25) is 10.0 Å². The fraction of sp³-hybridized carbons (Fsp3) is 0.143. The summed E-state index contributed by atoms with van der Waals surface area (Å²) in [6.45, 7) is 1.84. The number of benzene rings is 2. The van der Waals surface area contributed by atoms with E-state index in [4.69, 9.17) is 23.2 Å². The minimum atomic E-state index is -1.06. The molecule has 2 rings (SSSR count). The molecule has 0 amide bonds. The Morgan fingerprint density at radius 2 is 1.78 bits per heavy atom. The van der Waals surface area contributed by atoms with Crippen LogP contribution in [0.15, 0.2) is 36.4 Å². The van der Waals surface area contributed by atoms with Crippen molar-refractivity contribution in [3.8, 4) is 0 Å². The van der Waals surface area contributed by atoms with Crippen LogP contribution in [-0.4, -0.2) is 5.11 Å². The van der Waals surface area contributed by atoms with Gasteiger partial charge in [0.25, 0.3) is 0 Å². The Morgan fingerprint density at radius 1 is 1.06 bits per heavy atom. The van der Waals surface area contributed by atoms with Crippen LogP contribution in [0.5, 0.6) is 0 Å². The SMILES string of the molecule is Cc1ccc(F)c(C(O)c2ccc(Cl)c(Cl)c2)c1. The Balaban J connectivity index is 2.44. The van der Waals surface area contributed by atoms with Gasteiger partial charge in [0.1, 0.15) is 11.9 Å². The number of aryl methyl sites for hydroxylation is 1. The highest BCUT2D eigenvalue weighted by Crippen LogP contribution is 2.30. The van der Waals surface area contributed by atoms with Gasteiger partial charge in [-0.15, -0.1) is 0 Å². The van der Waals surface area contributed by atoms with E-state index in [1.165, 1.54) is 12.1 Å². The van der Waals surface area contributed by atoms with Gasteiger partial charge >= 0.3 is 0 Å². The maximum absolute atomic E-state index is 13.7. The van der Waals surface area contributed by atoms with Crippen LogP contribution in [0.25, 0.3) is 0 Å². The Labute approximate surface area is 115 Å². The van der Waals surface area contributed by atoms with Gasteiger partial charge in [-0.2, -0.15) is 0 Å². The van der Waals surface area contributed by atoms with Gasteiger partial charge < -0.3 is 5.11 Å². The Bertz CT molecular complexity index is 584. The molecule has 1 atom stereocenters. The summed E-state index contributed by atoms with van der Waals surface area (Å²) in [5.74, 6) is -0.445. The summed E-state index contributed by atoms with van der Waals surface area (Å²) in [7, 11) is 0. The van der Waals surface area contributed by atoms with Crippen molar-refractivity contribution in [3.05, 3.63) is 69.0 Å². The van der Waals surface area contributed by atoms with Crippen LogP contribution in [0.1, 0.15) is 22.8 Å². The van der Waals surface area contributed by atoms with Crippen LogP contribution in [-0.2, 0) is 0 Å². The van der Waals surface area contributed by atoms with E-state index in [0.29, 0.717) is 15.6 Å². The number of halogens is 3. The third-order valence-corrected chi connectivity index (χ3v) is 3.44. The summed E-state index contributed by atoms with van der Waals surface area (Å²) in [6, 6.07) is 9.35. The van der Waals surface area contributed by atoms with Gasteiger partial charge in [0.2, 0.25) is 0 Å². The van der Waals surface area contributed by atoms with E-state index in [9.17, 15) is 9.50 Å². The summed E-state index contributed by atoms with van der Waals surface area (Å²) in [5.41, 5.74) is 1.62. The van der Waals surface area contributed by atoms with Gasteiger partial charge in [-0.25, -0.2) is 4.39 Å². The van der Waals surface area contributed by atoms with E-state index >= 15 is 0 Å². The maximum atomic E-state index is 13.7. The molecule has 0 radical (unpaired) electrons. The van der Waals surface area contributed by atoms with E-state index in [-0.39, 0.29) is 5.56 Å². The molecular formula is C14H11Cl2FO. The van der Waals surface area contributed by atoms with E-state index < -0.39 is 11.9 Å². The maximum Gasteiger partial charge on any atom is 0.129 e. The van der Waals surface area contributed by atoms with Crippen molar-refractivity contribution < 1.29 is 9.50 Å². The first-order valence-electron chi connectivity index (χ1n) is 5.38. The van der Waals surface area contributed by atoms with Gasteiger partial charge in [-0.3, -0.25) is 0 Å². The molecule has 0 aliphatic carbocycles. The molecule has 0 fully saturated rings. The highest BCUT2D eigenvalue weighted by molar-refractivity contribution is 6.42. The van der Waals surface area contributed by atoms with Gasteiger partial charge in [0.05, 0.1) is 10.0 Å². The zero-order valence-electron chi connectivity index (χ0n) is 9.62. The monoisotopic (exact) mass is 284 g/mol. The van der Waals surface area contributed by atoms with Gasteiger partial charge in [-0.05, 0) is 30.7 Å². The van der Waals surface area contributed by atoms with E-state index in [2.05, 4.69) is 0 Å². The number of rotatable bonds is 2. The van der Waals surface area contributed by atoms with Crippen LogP contribution < -0.4 is 0 Å². The molecule has 94 valence electrons. The molecule has 1 unspecified atom stereocenters. The van der Waals surface area contributed by atoms with Gasteiger partial charge in [-0.1, -0.05) is 47.0 Å². The largest absolute Gasteiger partial charge is 0.384 e. The number of hydrogen-bond donors (Lipinski definition) is 1. The Kier molecular flexibility index (Phi) is 3.91. The standard InChI is InChI=1S/C14H11Cl2FO/c1-8-2-5-13(17)10(6-8)14(18)9-3-4-11(15)12(16)7-9/h2-7,14,18H,1H3. The highest BCUT2D eigenvalue weighted by Gasteiger charge is 2.16. The van der Waals surface area contributed by atoms with Crippen molar-refractivity contribution in [1.29, 1.82) is 0 Å². The molecular weight excluding hydrogens is 274 g/mol. The van der Waals surface area contributed by atoms with Crippen molar-refractivity contribution in [2.24, 2.45) is 0 Å². The fourth-order valence-electron chi connectivity index (χ4n) is 1.73. The first-order valence-corrected chi connectivity index (χ1v) is 6.13. The second-order valence-electron chi connectivity index (χ2n) is 4.10. The molecule has 1 nitrogen and oxygen atoms in total. The van der Waals surface area contributed by atoms with Crippen molar-refractivity contribution in [2.45, 2.75) is 13.0 Å². The van der Waals surface area contributed by atoms with Crippen LogP contribution in [0, 0.1) is 12.7 Å². The second-order valence-corrected chi connectivity index (χ2v) is 4.92. The summed E-state index contributed by atoms with van der Waals surface area (Å²) in [5, 5.41) is 10.9. The van der Waals surface area contributed by atoms with E-state index in [0.717, 1.165) is 5.56 Å². The lowest BCUT2D eigenvalue weighted by Gasteiger charge is -2.13. The molecule has 2 aromatic carbocycles. The molecule has 2 aromatic rings. The number of hydrogen-bond acceptors (Lipinski definition) is 1. The molecule has 0 saturated carbocycles. The van der Waals surface area contributed by atoms with E-state index in [1.807, 2.05) is 6.92 Å². The van der Waals surface area contributed by atoms with Gasteiger partial charge in [0.15, 0.2) is 0 Å². The third kappa shape index (κ3) is 2.66. The average Bonchev–Trinajstić information content (AvgIpc) is 2.35. The first kappa shape index (κ1) is 13.3. The molecule has 0 spiro atoms. The molecule has 0 bridgehead atoms. The molecule has 1 N–H and O–H groups in total. The normalized spacial score (nSPS) is 12.5. The molecule has 0 aliphatic rings. The molecule has 0 aliphatic heterocycles. The average molecular weight is 285 g/mol. The Morgan fingerprint density at radius 3 is 2.44 bits per heavy atom. The molecule has 4 heteroatoms. The molecule has 0 saturated heterocycles. The number of aliphatic hydroxyl groups is 1. The fourth-order valence-corrected chi connectivity index (χ4v) is 2.04. The quantitative estimate of drug-likeness (QED) is 0.860. The predicted octanol–water partition coefficient (Wildman–Crippen LogP) is 4.52. The van der Waals surface area contributed by atoms with Crippen molar-refractivity contribution in [1.82, 2.24) is 0 Å². The molecule has 18 heavy (non-hydrogen) atoms. The van der Waals surface area contributed by atoms with Crippen LogP contribution in [0.4, 0.5) is 4.39 Å². The lowest BCUT2D eigenvalue weighted by molar-refractivity contribution is 0.215. The highest BCUT2D eigenvalue weighted by atomic mass is 35.5. The van der Waals surface area contributed by atoms with Crippen molar-refractivity contribution in [3.63, 3.8) is 0 Å². The zero-order chi connectivity index (χ0) is 13.3. The predicted molar refractivity (Wildman–Crippen MR) is 71.7 cm³/mol. The topological polar surface area (TPSA) is 20.2 Å². The second kappa shape index (κ2) is 5.27. The lowest BCUT2D eigenvalue weighted by Crippen LogP contribution is -2.03. The summed E-state index contributed by atoms with van der Waals surface area (Å²) < 4.78 is 13.7. The smallest absolute Gasteiger partial charge is 0.129 e. The lowest BCUT2D eigenvalue weighted by atomic mass is 9.99. The molecule has 0 aromatic heterocycles. The van der Waals surface area contributed by atoms with E-state index in [1.54, 1.807) is 24.3 Å². The van der Waals surface area contributed by atoms with Crippen molar-refractivity contribution in [2.75, 3.05) is 0 Å². The Hall–Kier alpha value is -1.09. The minimum absolute atomic E-state index is 0.230. The number of aliphatic hydroxyl groups excluding tert-OH is 1. The van der Waals surface area contributed by atoms with Crippen LogP contribution in [0.3, 0.4) is 0 Å². The third-order valence-electron chi connectivity index (χ3n) is 2.71. The first-order chi connectivity index (χ1) is 8.49. The van der Waals surface area contributed by atoms with Gasteiger partial charge in [0, 0.05) is 5.56 Å². The van der Waals surface area contributed by atoms with Crippen molar-refractivity contribution >= 4 is 23.2 Å². The zero-order valence-corrected chi connectivity index (χ0v) is 11.1. The molecule has 0 heterocycles.